The predicted octanol–water partition coefficient (Wildman–Crippen LogP) is 5.18. The lowest BCUT2D eigenvalue weighted by molar-refractivity contribution is 0.101. The maximum Gasteiger partial charge on any atom is 0.276 e. The molecule has 0 unspecified atom stereocenters. The Labute approximate surface area is 233 Å². The molecule has 0 spiro atoms. The minimum Gasteiger partial charge on any atom is -0.324 e. The van der Waals surface area contributed by atoms with Crippen molar-refractivity contribution in [2.45, 2.75) is 19.4 Å². The molecular weight excluding hydrogens is 530 g/mol. The van der Waals surface area contributed by atoms with Gasteiger partial charge in [-0.3, -0.25) is 30.1 Å². The van der Waals surface area contributed by atoms with Crippen molar-refractivity contribution in [3.63, 3.8) is 0 Å². The van der Waals surface area contributed by atoms with Crippen LogP contribution in [-0.2, 0) is 13.0 Å². The van der Waals surface area contributed by atoms with Gasteiger partial charge < -0.3 is 4.98 Å². The fourth-order valence-electron chi connectivity index (χ4n) is 4.74. The largest absolute Gasteiger partial charge is 0.324 e. The smallest absolute Gasteiger partial charge is 0.276 e. The van der Waals surface area contributed by atoms with Crippen LogP contribution in [0.25, 0.3) is 21.8 Å². The van der Waals surface area contributed by atoms with Crippen LogP contribution in [-0.4, -0.2) is 61.7 Å². The predicted molar refractivity (Wildman–Crippen MR) is 158 cm³/mol. The Hall–Kier alpha value is -3.80. The average Bonchev–Trinajstić information content (AvgIpc) is 3.55. The first kappa shape index (κ1) is 25.5. The first-order chi connectivity index (χ1) is 19.1. The number of benzene rings is 2. The van der Waals surface area contributed by atoms with Crippen molar-refractivity contribution in [3.05, 3.63) is 76.6 Å². The first-order valence-electron chi connectivity index (χ1n) is 12.7. The van der Waals surface area contributed by atoms with Gasteiger partial charge in [-0.1, -0.05) is 30.3 Å². The molecule has 1 aliphatic rings. The van der Waals surface area contributed by atoms with Gasteiger partial charge in [0.15, 0.2) is 5.13 Å². The number of pyridine rings is 1. The third-order valence-corrected chi connectivity index (χ3v) is 8.40. The van der Waals surface area contributed by atoms with Gasteiger partial charge in [0.05, 0.1) is 16.8 Å². The van der Waals surface area contributed by atoms with Gasteiger partial charge in [-0.05, 0) is 48.6 Å². The zero-order valence-electron chi connectivity index (χ0n) is 21.4. The van der Waals surface area contributed by atoms with Crippen LogP contribution in [0.4, 0.5) is 11.1 Å². The standard InChI is InChI=1S/C28H27N7O2S2/c1-38-13-5-11-35-12-10-20-23(16-35)39-28(31-20)34-25(36)19-8-4-9-21-24(19)32-27(30-21)33-26(37)22-14-17-6-2-3-7-18(17)15-29-22/h2-4,6-9,14-15H,5,10-13,16H2,1H3,(H,31,34,36)(H2,30,32,33,37). The lowest BCUT2D eigenvalue weighted by Crippen LogP contribution is -2.31. The number of para-hydroxylation sites is 1. The summed E-state index contributed by atoms with van der Waals surface area (Å²) < 4.78 is 0. The number of nitrogens with one attached hydrogen (secondary N) is 3. The summed E-state index contributed by atoms with van der Waals surface area (Å²) in [6.07, 6.45) is 5.88. The Morgan fingerprint density at radius 3 is 2.82 bits per heavy atom. The molecule has 2 amide bonds. The molecular formula is C28H27N7O2S2. The molecule has 4 heterocycles. The fraction of sp³-hybridized carbons (Fsp3) is 0.250. The first-order valence-corrected chi connectivity index (χ1v) is 14.9. The minimum absolute atomic E-state index is 0.247. The molecule has 6 rings (SSSR count). The van der Waals surface area contributed by atoms with Gasteiger partial charge in [0.25, 0.3) is 11.8 Å². The van der Waals surface area contributed by atoms with Crippen molar-refractivity contribution in [1.82, 2.24) is 24.8 Å². The molecule has 0 fully saturated rings. The Kier molecular flexibility index (Phi) is 7.27. The third kappa shape index (κ3) is 5.51. The molecule has 0 radical (unpaired) electrons. The van der Waals surface area contributed by atoms with E-state index in [9.17, 15) is 9.59 Å². The van der Waals surface area contributed by atoms with Crippen molar-refractivity contribution in [2.24, 2.45) is 0 Å². The molecule has 0 saturated heterocycles. The molecule has 0 bridgehead atoms. The number of aromatic amines is 1. The van der Waals surface area contributed by atoms with E-state index in [2.05, 4.69) is 36.7 Å². The number of nitrogens with zero attached hydrogens (tertiary/aromatic N) is 4. The Balaban J connectivity index is 1.16. The number of imidazole rings is 1. The molecule has 5 aromatic rings. The molecule has 3 aromatic heterocycles. The van der Waals surface area contributed by atoms with E-state index in [1.807, 2.05) is 42.1 Å². The topological polar surface area (TPSA) is 116 Å². The number of thioether (sulfide) groups is 1. The van der Waals surface area contributed by atoms with Crippen LogP contribution >= 0.6 is 23.1 Å². The lowest BCUT2D eigenvalue weighted by atomic mass is 10.1. The van der Waals surface area contributed by atoms with E-state index < -0.39 is 0 Å². The summed E-state index contributed by atoms with van der Waals surface area (Å²) in [7, 11) is 0. The molecule has 11 heteroatoms. The van der Waals surface area contributed by atoms with Gasteiger partial charge in [0, 0.05) is 36.0 Å². The number of aromatic nitrogens is 4. The molecule has 0 saturated carbocycles. The van der Waals surface area contributed by atoms with Crippen LogP contribution in [0.3, 0.4) is 0 Å². The number of H-pyrrole nitrogens is 1. The minimum atomic E-state index is -0.387. The van der Waals surface area contributed by atoms with Gasteiger partial charge in [-0.2, -0.15) is 11.8 Å². The summed E-state index contributed by atoms with van der Waals surface area (Å²) in [5.74, 6) is 0.736. The highest BCUT2D eigenvalue weighted by Gasteiger charge is 2.22. The summed E-state index contributed by atoms with van der Waals surface area (Å²) >= 11 is 3.41. The third-order valence-electron chi connectivity index (χ3n) is 6.71. The van der Waals surface area contributed by atoms with Crippen molar-refractivity contribution in [2.75, 3.05) is 35.7 Å². The second-order valence-corrected chi connectivity index (χ2v) is 11.4. The molecule has 9 nitrogen and oxygen atoms in total. The summed E-state index contributed by atoms with van der Waals surface area (Å²) in [4.78, 5) is 46.3. The summed E-state index contributed by atoms with van der Waals surface area (Å²) in [6, 6.07) is 14.8. The maximum absolute atomic E-state index is 13.2. The summed E-state index contributed by atoms with van der Waals surface area (Å²) in [5, 5.41) is 8.21. The van der Waals surface area contributed by atoms with E-state index in [0.29, 0.717) is 21.7 Å². The van der Waals surface area contributed by atoms with E-state index in [0.717, 1.165) is 48.3 Å². The fourth-order valence-corrected chi connectivity index (χ4v) is 6.21. The van der Waals surface area contributed by atoms with Crippen molar-refractivity contribution in [1.29, 1.82) is 0 Å². The van der Waals surface area contributed by atoms with Gasteiger partial charge in [0.2, 0.25) is 5.95 Å². The van der Waals surface area contributed by atoms with E-state index in [1.54, 1.807) is 24.4 Å². The Bertz CT molecular complexity index is 1680. The van der Waals surface area contributed by atoms with Gasteiger partial charge in [-0.15, -0.1) is 11.3 Å². The normalized spacial score (nSPS) is 13.5. The second-order valence-electron chi connectivity index (χ2n) is 9.37. The van der Waals surface area contributed by atoms with Crippen LogP contribution < -0.4 is 10.6 Å². The van der Waals surface area contributed by atoms with E-state index in [4.69, 9.17) is 4.98 Å². The molecule has 0 aliphatic carbocycles. The van der Waals surface area contributed by atoms with Crippen molar-refractivity contribution < 1.29 is 9.59 Å². The van der Waals surface area contributed by atoms with Crippen LogP contribution in [0.5, 0.6) is 0 Å². The number of thiazole rings is 1. The molecule has 3 N–H and O–H groups in total. The molecule has 2 aromatic carbocycles. The van der Waals surface area contributed by atoms with Crippen LogP contribution in [0.15, 0.2) is 54.7 Å². The zero-order chi connectivity index (χ0) is 26.8. The number of carbonyl (C=O) groups excluding carboxylic acids is 2. The van der Waals surface area contributed by atoms with E-state index in [1.165, 1.54) is 22.6 Å². The summed E-state index contributed by atoms with van der Waals surface area (Å²) in [5.41, 5.74) is 2.87. The number of carbonyl (C=O) groups is 2. The highest BCUT2D eigenvalue weighted by molar-refractivity contribution is 7.98. The van der Waals surface area contributed by atoms with Crippen LogP contribution in [0.1, 0.15) is 37.8 Å². The number of hydrogen-bond donors (Lipinski definition) is 3. The second kappa shape index (κ2) is 11.1. The van der Waals surface area contributed by atoms with Gasteiger partial charge in [-0.25, -0.2) is 9.97 Å². The Morgan fingerprint density at radius 1 is 1.08 bits per heavy atom. The molecule has 1 aliphatic heterocycles. The van der Waals surface area contributed by atoms with Gasteiger partial charge in [0.1, 0.15) is 11.2 Å². The quantitative estimate of drug-likeness (QED) is 0.225. The zero-order valence-corrected chi connectivity index (χ0v) is 23.0. The number of fused-ring (bicyclic) bond motifs is 3. The van der Waals surface area contributed by atoms with Gasteiger partial charge >= 0.3 is 0 Å². The SMILES string of the molecule is CSCCCN1CCc2nc(NC(=O)c3cccc4[nH]c(NC(=O)c5cc6ccccc6cn5)nc34)sc2C1. The van der Waals surface area contributed by atoms with Crippen molar-refractivity contribution >= 4 is 67.8 Å². The number of anilines is 2. The molecule has 39 heavy (non-hydrogen) atoms. The highest BCUT2D eigenvalue weighted by Crippen LogP contribution is 2.29. The van der Waals surface area contributed by atoms with E-state index >= 15 is 0 Å². The monoisotopic (exact) mass is 557 g/mol. The van der Waals surface area contributed by atoms with Crippen LogP contribution in [0, 0.1) is 0 Å². The number of amides is 2. The van der Waals surface area contributed by atoms with E-state index in [-0.39, 0.29) is 23.5 Å². The van der Waals surface area contributed by atoms with Crippen LogP contribution in [0.2, 0.25) is 0 Å². The number of rotatable bonds is 8. The Morgan fingerprint density at radius 2 is 1.95 bits per heavy atom. The maximum atomic E-state index is 13.2. The molecule has 198 valence electrons. The average molecular weight is 558 g/mol. The van der Waals surface area contributed by atoms with Crippen molar-refractivity contribution in [3.8, 4) is 0 Å². The summed E-state index contributed by atoms with van der Waals surface area (Å²) in [6.45, 7) is 2.95. The lowest BCUT2D eigenvalue weighted by Gasteiger charge is -2.25. The highest BCUT2D eigenvalue weighted by atomic mass is 32.2. The molecule has 0 atom stereocenters. The number of hydrogen-bond acceptors (Lipinski definition) is 8.